The Kier molecular flexibility index (Phi) is 3.07. The van der Waals surface area contributed by atoms with E-state index in [0.717, 1.165) is 4.47 Å². The van der Waals surface area contributed by atoms with Gasteiger partial charge in [0.25, 0.3) is 0 Å². The third-order valence-electron chi connectivity index (χ3n) is 2.21. The zero-order chi connectivity index (χ0) is 11.7. The third-order valence-corrected chi connectivity index (χ3v) is 2.66. The maximum atomic E-state index is 11.5. The summed E-state index contributed by atoms with van der Waals surface area (Å²) in [5.41, 5.74) is 1.81. The largest absolute Gasteiger partial charge is 0.439 e. The molecule has 0 radical (unpaired) electrons. The highest BCUT2D eigenvalue weighted by Gasteiger charge is 2.13. The van der Waals surface area contributed by atoms with Gasteiger partial charge in [0.1, 0.15) is 5.52 Å². The molecule has 2 aromatic rings. The zero-order valence-corrected chi connectivity index (χ0v) is 10.6. The molecule has 4 nitrogen and oxygen atoms in total. The summed E-state index contributed by atoms with van der Waals surface area (Å²) in [6.07, 6.45) is 0. The first-order valence-electron chi connectivity index (χ1n) is 4.86. The van der Waals surface area contributed by atoms with Crippen LogP contribution in [-0.2, 0) is 6.54 Å². The molecule has 0 unspecified atom stereocenters. The van der Waals surface area contributed by atoms with Gasteiger partial charge < -0.3 is 9.73 Å². The molecule has 1 N–H and O–H groups in total. The molecule has 0 spiro atoms. The highest BCUT2D eigenvalue weighted by Crippen LogP contribution is 2.25. The summed E-state index contributed by atoms with van der Waals surface area (Å²) >= 11 is 3.35. The minimum absolute atomic E-state index is 0.0292. The molecule has 16 heavy (non-hydrogen) atoms. The third kappa shape index (κ3) is 2.01. The molecule has 0 saturated heterocycles. The second-order valence-electron chi connectivity index (χ2n) is 3.50. The van der Waals surface area contributed by atoms with Gasteiger partial charge in [0.2, 0.25) is 5.89 Å². The van der Waals surface area contributed by atoms with Crippen LogP contribution in [0.4, 0.5) is 0 Å². The van der Waals surface area contributed by atoms with Crippen LogP contribution >= 0.6 is 15.9 Å². The van der Waals surface area contributed by atoms with Crippen LogP contribution in [0.1, 0.15) is 23.2 Å². The molecular formula is C11H11BrN2O2. The van der Waals surface area contributed by atoms with Crippen LogP contribution in [0.2, 0.25) is 0 Å². The number of hydrogen-bond acceptors (Lipinski definition) is 4. The van der Waals surface area contributed by atoms with Crippen LogP contribution in [0.25, 0.3) is 11.1 Å². The maximum Gasteiger partial charge on any atom is 0.209 e. The number of rotatable bonds is 3. The molecule has 5 heteroatoms. The van der Waals surface area contributed by atoms with E-state index >= 15 is 0 Å². The van der Waals surface area contributed by atoms with Crippen molar-refractivity contribution in [2.24, 2.45) is 0 Å². The predicted octanol–water partition coefficient (Wildman–Crippen LogP) is 2.51. The predicted molar refractivity (Wildman–Crippen MR) is 64.5 cm³/mol. The number of ketones is 1. The number of halogens is 1. The van der Waals surface area contributed by atoms with Gasteiger partial charge in [-0.3, -0.25) is 4.79 Å². The quantitative estimate of drug-likeness (QED) is 0.879. The topological polar surface area (TPSA) is 55.1 Å². The van der Waals surface area contributed by atoms with Crippen molar-refractivity contribution in [3.05, 3.63) is 28.1 Å². The van der Waals surface area contributed by atoms with E-state index in [-0.39, 0.29) is 5.78 Å². The molecule has 0 aliphatic rings. The van der Waals surface area contributed by atoms with Crippen molar-refractivity contribution in [1.82, 2.24) is 10.3 Å². The van der Waals surface area contributed by atoms with E-state index in [4.69, 9.17) is 4.42 Å². The molecule has 1 aromatic carbocycles. The summed E-state index contributed by atoms with van der Waals surface area (Å²) < 4.78 is 6.37. The first kappa shape index (κ1) is 11.3. The van der Waals surface area contributed by atoms with Crippen molar-refractivity contribution in [3.8, 4) is 0 Å². The lowest BCUT2D eigenvalue weighted by Crippen LogP contribution is -2.04. The first-order valence-corrected chi connectivity index (χ1v) is 5.65. The highest BCUT2D eigenvalue weighted by atomic mass is 79.9. The molecular weight excluding hydrogens is 272 g/mol. The van der Waals surface area contributed by atoms with Crippen LogP contribution in [0.3, 0.4) is 0 Å². The van der Waals surface area contributed by atoms with Gasteiger partial charge in [-0.05, 0) is 26.1 Å². The smallest absolute Gasteiger partial charge is 0.209 e. The number of nitrogens with zero attached hydrogens (tertiary/aromatic N) is 1. The van der Waals surface area contributed by atoms with Crippen LogP contribution in [-0.4, -0.2) is 17.8 Å². The lowest BCUT2D eigenvalue weighted by Gasteiger charge is -1.97. The number of carbonyl (C=O) groups is 1. The van der Waals surface area contributed by atoms with Crippen molar-refractivity contribution in [2.45, 2.75) is 13.5 Å². The fraction of sp³-hybridized carbons (Fsp3) is 0.273. The van der Waals surface area contributed by atoms with E-state index in [2.05, 4.69) is 26.2 Å². The summed E-state index contributed by atoms with van der Waals surface area (Å²) in [4.78, 5) is 15.7. The summed E-state index contributed by atoms with van der Waals surface area (Å²) in [5.74, 6) is 0.552. The van der Waals surface area contributed by atoms with Crippen LogP contribution < -0.4 is 5.32 Å². The lowest BCUT2D eigenvalue weighted by atomic mass is 10.1. The fourth-order valence-electron chi connectivity index (χ4n) is 1.53. The molecule has 2 rings (SSSR count). The number of nitrogens with one attached hydrogen (secondary N) is 1. The van der Waals surface area contributed by atoms with E-state index in [9.17, 15) is 4.79 Å². The van der Waals surface area contributed by atoms with E-state index in [0.29, 0.717) is 29.1 Å². The van der Waals surface area contributed by atoms with Crippen LogP contribution in [0, 0.1) is 0 Å². The Morgan fingerprint density at radius 2 is 2.31 bits per heavy atom. The fourth-order valence-corrected chi connectivity index (χ4v) is 1.98. The highest BCUT2D eigenvalue weighted by molar-refractivity contribution is 9.10. The number of carbonyl (C=O) groups excluding carboxylic acids is 1. The Hall–Kier alpha value is -1.20. The molecule has 0 atom stereocenters. The number of Topliss-reactive ketones (excluding diaryl/α,β-unsaturated/α-hetero) is 1. The molecule has 0 aliphatic heterocycles. The normalized spacial score (nSPS) is 10.9. The molecule has 1 aromatic heterocycles. The van der Waals surface area contributed by atoms with Gasteiger partial charge in [-0.15, -0.1) is 0 Å². The Balaban J connectivity index is 2.65. The number of benzene rings is 1. The van der Waals surface area contributed by atoms with Gasteiger partial charge in [0.15, 0.2) is 11.4 Å². The SMILES string of the molecule is CNCc1nc2cc(Br)cc(C(C)=O)c2o1. The number of oxazole rings is 1. The molecule has 0 amide bonds. The van der Waals surface area contributed by atoms with Gasteiger partial charge in [0, 0.05) is 4.47 Å². The van der Waals surface area contributed by atoms with Crippen LogP contribution in [0.5, 0.6) is 0 Å². The standard InChI is InChI=1S/C11H11BrN2O2/c1-6(15)8-3-7(12)4-9-11(8)16-10(14-9)5-13-2/h3-4,13H,5H2,1-2H3. The Morgan fingerprint density at radius 3 is 2.94 bits per heavy atom. The van der Waals surface area contributed by atoms with E-state index in [1.807, 2.05) is 13.1 Å². The van der Waals surface area contributed by atoms with Gasteiger partial charge in [0.05, 0.1) is 12.1 Å². The Bertz CT molecular complexity index is 548. The van der Waals surface area contributed by atoms with Crippen molar-refractivity contribution in [2.75, 3.05) is 7.05 Å². The number of hydrogen-bond donors (Lipinski definition) is 1. The molecule has 0 fully saturated rings. The Morgan fingerprint density at radius 1 is 1.56 bits per heavy atom. The van der Waals surface area contributed by atoms with Crippen molar-refractivity contribution < 1.29 is 9.21 Å². The van der Waals surface area contributed by atoms with Crippen LogP contribution in [0.15, 0.2) is 21.0 Å². The Labute approximate surface area is 101 Å². The second-order valence-corrected chi connectivity index (χ2v) is 4.41. The number of fused-ring (bicyclic) bond motifs is 1. The van der Waals surface area contributed by atoms with E-state index in [1.165, 1.54) is 6.92 Å². The molecule has 0 saturated carbocycles. The maximum absolute atomic E-state index is 11.5. The average molecular weight is 283 g/mol. The minimum Gasteiger partial charge on any atom is -0.439 e. The molecule has 0 bridgehead atoms. The zero-order valence-electron chi connectivity index (χ0n) is 9.00. The first-order chi connectivity index (χ1) is 7.61. The summed E-state index contributed by atoms with van der Waals surface area (Å²) in [6.45, 7) is 2.06. The molecule has 1 heterocycles. The lowest BCUT2D eigenvalue weighted by molar-refractivity contribution is 0.101. The second kappa shape index (κ2) is 4.35. The van der Waals surface area contributed by atoms with Gasteiger partial charge in [-0.2, -0.15) is 0 Å². The number of aromatic nitrogens is 1. The van der Waals surface area contributed by atoms with E-state index in [1.54, 1.807) is 6.07 Å². The van der Waals surface area contributed by atoms with Crippen molar-refractivity contribution in [3.63, 3.8) is 0 Å². The summed E-state index contributed by atoms with van der Waals surface area (Å²) in [7, 11) is 1.82. The van der Waals surface area contributed by atoms with Crippen molar-refractivity contribution >= 4 is 32.8 Å². The van der Waals surface area contributed by atoms with E-state index < -0.39 is 0 Å². The van der Waals surface area contributed by atoms with Gasteiger partial charge in [-0.25, -0.2) is 4.98 Å². The van der Waals surface area contributed by atoms with Crippen molar-refractivity contribution in [1.29, 1.82) is 0 Å². The summed E-state index contributed by atoms with van der Waals surface area (Å²) in [6, 6.07) is 3.59. The minimum atomic E-state index is -0.0292. The molecule has 84 valence electrons. The van der Waals surface area contributed by atoms with Gasteiger partial charge >= 0.3 is 0 Å². The van der Waals surface area contributed by atoms with Gasteiger partial charge in [-0.1, -0.05) is 15.9 Å². The summed E-state index contributed by atoms with van der Waals surface area (Å²) in [5, 5.41) is 2.96. The molecule has 0 aliphatic carbocycles. The monoisotopic (exact) mass is 282 g/mol. The average Bonchev–Trinajstić information content (AvgIpc) is 2.59.